The predicted molar refractivity (Wildman–Crippen MR) is 142 cm³/mol. The molecule has 39 heavy (non-hydrogen) atoms. The van der Waals surface area contributed by atoms with Crippen molar-refractivity contribution in [3.8, 4) is 0 Å². The van der Waals surface area contributed by atoms with Crippen LogP contribution in [-0.4, -0.2) is 83.8 Å². The minimum atomic E-state index is -1.36. The second-order valence-electron chi connectivity index (χ2n) is 10.8. The van der Waals surface area contributed by atoms with E-state index in [2.05, 4.69) is 5.32 Å². The molecule has 4 heterocycles. The number of esters is 1. The van der Waals surface area contributed by atoms with Crippen LogP contribution in [-0.2, 0) is 28.7 Å². The normalized spacial score (nSPS) is 33.8. The third-order valence-electron chi connectivity index (χ3n) is 8.04. The molecular formula is C29H35N3O7. The molecule has 1 aromatic rings. The predicted octanol–water partition coefficient (Wildman–Crippen LogP) is 1.18. The number of nitrogens with zero attached hydrogens (tertiary/aromatic N) is 2. The summed E-state index contributed by atoms with van der Waals surface area (Å²) in [6, 6.07) is 4.74. The van der Waals surface area contributed by atoms with Crippen molar-refractivity contribution in [1.29, 1.82) is 0 Å². The summed E-state index contributed by atoms with van der Waals surface area (Å²) in [6.07, 6.45) is 6.54. The molecule has 2 fully saturated rings. The van der Waals surface area contributed by atoms with Gasteiger partial charge in [0, 0.05) is 25.2 Å². The van der Waals surface area contributed by atoms with Crippen molar-refractivity contribution < 1.29 is 33.8 Å². The van der Waals surface area contributed by atoms with Crippen LogP contribution in [0.5, 0.6) is 0 Å². The van der Waals surface area contributed by atoms with Crippen LogP contribution in [0.4, 0.5) is 5.69 Å². The minimum Gasteiger partial charge on any atom is -0.460 e. The Balaban J connectivity index is 1.61. The van der Waals surface area contributed by atoms with Gasteiger partial charge in [0.15, 0.2) is 0 Å². The first-order valence-corrected chi connectivity index (χ1v) is 13.5. The first-order valence-electron chi connectivity index (χ1n) is 13.5. The maximum absolute atomic E-state index is 14.5. The number of carbonyl (C=O) groups excluding carboxylic acids is 4. The average molecular weight is 538 g/mol. The molecule has 3 amide bonds. The molecule has 0 aromatic heterocycles. The number of allylic oxidation sites excluding steroid dienone is 1. The van der Waals surface area contributed by atoms with E-state index in [9.17, 15) is 24.3 Å². The number of nitrogens with one attached hydrogen (secondary N) is 1. The Kier molecular flexibility index (Phi) is 7.35. The zero-order valence-electron chi connectivity index (χ0n) is 22.5. The molecule has 1 aromatic carbocycles. The van der Waals surface area contributed by atoms with Gasteiger partial charge in [0.05, 0.1) is 25.2 Å². The summed E-state index contributed by atoms with van der Waals surface area (Å²) in [5, 5.41) is 12.6. The summed E-state index contributed by atoms with van der Waals surface area (Å²) in [7, 11) is 0. The van der Waals surface area contributed by atoms with Crippen LogP contribution >= 0.6 is 0 Å². The van der Waals surface area contributed by atoms with E-state index >= 15 is 0 Å². The number of hydrogen-bond acceptors (Lipinski definition) is 7. The minimum absolute atomic E-state index is 0.0734. The molecule has 2 saturated heterocycles. The first kappa shape index (κ1) is 27.1. The number of β-amino-alcohol motifs (C(OH)–C–C–N with tert-alkyl or cyclic N) is 1. The van der Waals surface area contributed by atoms with Crippen molar-refractivity contribution in [3.63, 3.8) is 0 Å². The molecule has 10 heteroatoms. The van der Waals surface area contributed by atoms with Crippen LogP contribution in [0.2, 0.25) is 0 Å². The number of anilines is 1. The van der Waals surface area contributed by atoms with Crippen molar-refractivity contribution in [3.05, 3.63) is 53.6 Å². The van der Waals surface area contributed by atoms with Gasteiger partial charge in [0.25, 0.3) is 5.91 Å². The number of cyclic esters (lactones) is 1. The molecule has 0 unspecified atom stereocenters. The lowest BCUT2D eigenvalue weighted by molar-refractivity contribution is -0.158. The fraction of sp³-hybridized carbons (Fsp3) is 0.517. The number of carbonyl (C=O) groups is 4. The zero-order chi connectivity index (χ0) is 27.9. The third-order valence-corrected chi connectivity index (χ3v) is 8.04. The highest BCUT2D eigenvalue weighted by Gasteiger charge is 2.73. The van der Waals surface area contributed by atoms with Gasteiger partial charge in [-0.2, -0.15) is 0 Å². The molecular weight excluding hydrogens is 502 g/mol. The number of ether oxygens (including phenoxy) is 2. The molecule has 0 aliphatic carbocycles. The number of aliphatic hydroxyl groups is 1. The largest absolute Gasteiger partial charge is 0.460 e. The molecule has 1 spiro atoms. The number of hydrogen-bond donors (Lipinski definition) is 2. The first-order chi connectivity index (χ1) is 18.7. The van der Waals surface area contributed by atoms with Gasteiger partial charge >= 0.3 is 5.97 Å². The number of rotatable bonds is 3. The van der Waals surface area contributed by atoms with Crippen LogP contribution < -0.4 is 10.2 Å². The molecule has 4 aliphatic rings. The molecule has 0 saturated carbocycles. The van der Waals surface area contributed by atoms with Gasteiger partial charge in [-0.15, -0.1) is 0 Å². The number of benzene rings is 1. The van der Waals surface area contributed by atoms with Gasteiger partial charge in [-0.25, -0.2) is 0 Å². The van der Waals surface area contributed by atoms with E-state index in [4.69, 9.17) is 9.47 Å². The SMILES string of the molecule is Cc1ccc(C)c(N2C/C=C\CCC(=O)NC[C@H](C)OC(=O)[C@@H]3[C@H]4C(=O)N(CCO)[C@H](C2=O)[C@]42C=C[C@H]3O2)c1. The molecule has 4 aliphatic heterocycles. The molecule has 2 N–H and O–H groups in total. The van der Waals surface area contributed by atoms with Crippen LogP contribution in [0.25, 0.3) is 0 Å². The highest BCUT2D eigenvalue weighted by atomic mass is 16.6. The Labute approximate surface area is 227 Å². The number of likely N-dealkylation sites (tertiary alicyclic amines) is 1. The van der Waals surface area contributed by atoms with E-state index in [1.165, 1.54) is 4.90 Å². The Morgan fingerprint density at radius 2 is 1.92 bits per heavy atom. The van der Waals surface area contributed by atoms with Gasteiger partial charge in [0.2, 0.25) is 11.8 Å². The van der Waals surface area contributed by atoms with Crippen molar-refractivity contribution in [2.75, 3.05) is 31.1 Å². The quantitative estimate of drug-likeness (QED) is 0.438. The highest BCUT2D eigenvalue weighted by Crippen LogP contribution is 2.55. The van der Waals surface area contributed by atoms with Crippen molar-refractivity contribution in [2.45, 2.75) is 57.5 Å². The van der Waals surface area contributed by atoms with E-state index in [-0.39, 0.29) is 44.5 Å². The molecule has 6 atom stereocenters. The van der Waals surface area contributed by atoms with E-state index in [1.54, 1.807) is 24.0 Å². The second-order valence-corrected chi connectivity index (χ2v) is 10.8. The third kappa shape index (κ3) is 4.65. The van der Waals surface area contributed by atoms with Crippen molar-refractivity contribution >= 4 is 29.4 Å². The molecule has 208 valence electrons. The summed E-state index contributed by atoms with van der Waals surface area (Å²) < 4.78 is 12.0. The maximum Gasteiger partial charge on any atom is 0.313 e. The topological polar surface area (TPSA) is 125 Å². The molecule has 10 nitrogen and oxygen atoms in total. The summed E-state index contributed by atoms with van der Waals surface area (Å²) >= 11 is 0. The highest BCUT2D eigenvalue weighted by molar-refractivity contribution is 6.05. The molecule has 0 radical (unpaired) electrons. The summed E-state index contributed by atoms with van der Waals surface area (Å²) in [5.41, 5.74) is 1.18. The van der Waals surface area contributed by atoms with E-state index in [0.29, 0.717) is 12.1 Å². The number of aliphatic hydroxyl groups excluding tert-OH is 1. The average Bonchev–Trinajstić information content (AvgIpc) is 3.54. The monoisotopic (exact) mass is 537 g/mol. The fourth-order valence-electron chi connectivity index (χ4n) is 6.21. The van der Waals surface area contributed by atoms with Gasteiger partial charge < -0.3 is 29.7 Å². The smallest absolute Gasteiger partial charge is 0.313 e. The molecule has 5 rings (SSSR count). The summed E-state index contributed by atoms with van der Waals surface area (Å²) in [5.74, 6) is -3.48. The maximum atomic E-state index is 14.5. The van der Waals surface area contributed by atoms with Crippen LogP contribution in [0.15, 0.2) is 42.5 Å². The Hall–Kier alpha value is -3.50. The van der Waals surface area contributed by atoms with Gasteiger partial charge in [0.1, 0.15) is 23.7 Å². The molecule has 5 bridgehead atoms. The lowest BCUT2D eigenvalue weighted by Crippen LogP contribution is -2.56. The summed E-state index contributed by atoms with van der Waals surface area (Å²) in [4.78, 5) is 57.0. The van der Waals surface area contributed by atoms with Crippen LogP contribution in [0, 0.1) is 25.7 Å². The second kappa shape index (κ2) is 10.6. The van der Waals surface area contributed by atoms with Crippen LogP contribution in [0.1, 0.15) is 30.9 Å². The van der Waals surface area contributed by atoms with Crippen molar-refractivity contribution in [1.82, 2.24) is 10.2 Å². The van der Waals surface area contributed by atoms with Crippen molar-refractivity contribution in [2.24, 2.45) is 11.8 Å². The van der Waals surface area contributed by atoms with Gasteiger partial charge in [-0.05, 0) is 44.4 Å². The van der Waals surface area contributed by atoms with E-state index in [0.717, 1.165) is 11.1 Å². The fourth-order valence-corrected chi connectivity index (χ4v) is 6.21. The Morgan fingerprint density at radius 3 is 2.69 bits per heavy atom. The number of fused-ring (bicyclic) bond motifs is 2. The Morgan fingerprint density at radius 1 is 1.13 bits per heavy atom. The van der Waals surface area contributed by atoms with E-state index in [1.807, 2.05) is 44.2 Å². The lowest BCUT2D eigenvalue weighted by atomic mass is 9.74. The zero-order valence-corrected chi connectivity index (χ0v) is 22.5. The van der Waals surface area contributed by atoms with Crippen LogP contribution in [0.3, 0.4) is 0 Å². The number of aryl methyl sites for hydroxylation is 2. The van der Waals surface area contributed by atoms with Gasteiger partial charge in [-0.3, -0.25) is 19.2 Å². The summed E-state index contributed by atoms with van der Waals surface area (Å²) in [6.45, 7) is 5.46. The Bertz CT molecular complexity index is 1240. The standard InChI is InChI=1S/C29H35N3O7/c1-17-8-9-18(2)20(15-17)31-12-6-4-5-7-22(34)30-16-19(3)38-28(37)23-21-10-11-29(39-21)24(23)26(35)32(13-14-33)25(29)27(31)36/h4,6,8-11,15,19,21,23-25,33H,5,7,12-14,16H2,1-3H3,(H,30,34)/b6-4-/t19-,21+,23-,24-,25+,29-/m0/s1. The lowest BCUT2D eigenvalue weighted by Gasteiger charge is -2.36. The van der Waals surface area contributed by atoms with E-state index < -0.39 is 47.6 Å². The number of amides is 3. The van der Waals surface area contributed by atoms with Gasteiger partial charge in [-0.1, -0.05) is 36.4 Å².